The lowest BCUT2D eigenvalue weighted by molar-refractivity contribution is -0.384. The average molecular weight is 259 g/mol. The SMILES string of the molecule is CC(CC(N)=O)Nc1cc([N+](=O)[O-])cc(Cl)n1. The van der Waals surface area contributed by atoms with Crippen molar-refractivity contribution < 1.29 is 9.72 Å². The Hall–Kier alpha value is -1.89. The molecular formula is C9H11ClN4O3. The molecule has 0 radical (unpaired) electrons. The maximum absolute atomic E-state index is 10.7. The summed E-state index contributed by atoms with van der Waals surface area (Å²) >= 11 is 5.64. The molecule has 17 heavy (non-hydrogen) atoms. The molecule has 1 atom stereocenters. The largest absolute Gasteiger partial charge is 0.370 e. The number of hydrogen-bond acceptors (Lipinski definition) is 5. The molecule has 0 aliphatic rings. The van der Waals surface area contributed by atoms with E-state index >= 15 is 0 Å². The number of primary amides is 1. The van der Waals surface area contributed by atoms with Crippen molar-refractivity contribution in [2.75, 3.05) is 5.32 Å². The fourth-order valence-electron chi connectivity index (χ4n) is 1.27. The summed E-state index contributed by atoms with van der Waals surface area (Å²) in [5.41, 5.74) is 4.85. The Kier molecular flexibility index (Phi) is 4.22. The molecule has 0 bridgehead atoms. The number of nitro groups is 1. The monoisotopic (exact) mass is 258 g/mol. The minimum atomic E-state index is -0.572. The number of carbonyl (C=O) groups is 1. The summed E-state index contributed by atoms with van der Waals surface area (Å²) in [6.07, 6.45) is 0.0992. The van der Waals surface area contributed by atoms with Crippen LogP contribution in [0.15, 0.2) is 12.1 Å². The summed E-state index contributed by atoms with van der Waals surface area (Å²) in [4.78, 5) is 24.5. The van der Waals surface area contributed by atoms with Gasteiger partial charge in [0, 0.05) is 12.5 Å². The van der Waals surface area contributed by atoms with Crippen LogP contribution in [0.5, 0.6) is 0 Å². The second-order valence-corrected chi connectivity index (χ2v) is 3.89. The van der Waals surface area contributed by atoms with E-state index in [1.807, 2.05) is 0 Å². The molecule has 0 fully saturated rings. The van der Waals surface area contributed by atoms with E-state index in [0.29, 0.717) is 0 Å². The van der Waals surface area contributed by atoms with Crippen LogP contribution >= 0.6 is 11.6 Å². The van der Waals surface area contributed by atoms with Gasteiger partial charge in [-0.1, -0.05) is 11.6 Å². The van der Waals surface area contributed by atoms with E-state index in [1.54, 1.807) is 6.92 Å². The quantitative estimate of drug-likeness (QED) is 0.470. The summed E-state index contributed by atoms with van der Waals surface area (Å²) in [5.74, 6) is -0.237. The number of hydrogen-bond donors (Lipinski definition) is 2. The van der Waals surface area contributed by atoms with E-state index < -0.39 is 10.8 Å². The van der Waals surface area contributed by atoms with Gasteiger partial charge in [0.05, 0.1) is 17.1 Å². The van der Waals surface area contributed by atoms with Crippen LogP contribution in [-0.2, 0) is 4.79 Å². The highest BCUT2D eigenvalue weighted by atomic mass is 35.5. The molecule has 7 nitrogen and oxygen atoms in total. The molecule has 0 aromatic carbocycles. The highest BCUT2D eigenvalue weighted by Crippen LogP contribution is 2.21. The number of rotatable bonds is 5. The lowest BCUT2D eigenvalue weighted by Gasteiger charge is -2.12. The van der Waals surface area contributed by atoms with Crippen molar-refractivity contribution in [3.8, 4) is 0 Å². The van der Waals surface area contributed by atoms with Crippen LogP contribution in [-0.4, -0.2) is 21.9 Å². The van der Waals surface area contributed by atoms with Gasteiger partial charge in [-0.25, -0.2) is 4.98 Å². The van der Waals surface area contributed by atoms with Crippen molar-refractivity contribution in [3.05, 3.63) is 27.4 Å². The first-order valence-electron chi connectivity index (χ1n) is 4.75. The van der Waals surface area contributed by atoms with Crippen LogP contribution in [0.4, 0.5) is 11.5 Å². The van der Waals surface area contributed by atoms with Crippen LogP contribution in [0.1, 0.15) is 13.3 Å². The second kappa shape index (κ2) is 5.44. The Morgan fingerprint density at radius 2 is 2.35 bits per heavy atom. The summed E-state index contributed by atoms with van der Waals surface area (Å²) < 4.78 is 0. The van der Waals surface area contributed by atoms with Gasteiger partial charge in [-0.3, -0.25) is 14.9 Å². The molecule has 1 aromatic heterocycles. The third-order valence-electron chi connectivity index (χ3n) is 1.89. The van der Waals surface area contributed by atoms with Crippen molar-refractivity contribution in [2.24, 2.45) is 5.73 Å². The van der Waals surface area contributed by atoms with E-state index in [4.69, 9.17) is 17.3 Å². The summed E-state index contributed by atoms with van der Waals surface area (Å²) in [6, 6.07) is 2.10. The van der Waals surface area contributed by atoms with Crippen LogP contribution in [0.2, 0.25) is 5.15 Å². The first kappa shape index (κ1) is 13.2. The number of halogens is 1. The van der Waals surface area contributed by atoms with E-state index in [0.717, 1.165) is 6.07 Å². The molecule has 1 unspecified atom stereocenters. The zero-order valence-electron chi connectivity index (χ0n) is 9.01. The normalized spacial score (nSPS) is 11.9. The number of nitrogens with zero attached hydrogens (tertiary/aromatic N) is 2. The molecule has 0 spiro atoms. The minimum absolute atomic E-state index is 0.00738. The number of pyridine rings is 1. The summed E-state index contributed by atoms with van der Waals surface area (Å²) in [5, 5.41) is 13.4. The number of carbonyl (C=O) groups excluding carboxylic acids is 1. The molecule has 1 heterocycles. The van der Waals surface area contributed by atoms with Gasteiger partial charge in [-0.2, -0.15) is 0 Å². The molecule has 0 saturated carbocycles. The van der Waals surface area contributed by atoms with Gasteiger partial charge >= 0.3 is 0 Å². The van der Waals surface area contributed by atoms with Crippen LogP contribution < -0.4 is 11.1 Å². The van der Waals surface area contributed by atoms with E-state index in [1.165, 1.54) is 6.07 Å². The number of amides is 1. The van der Waals surface area contributed by atoms with Crippen molar-refractivity contribution in [1.82, 2.24) is 4.98 Å². The van der Waals surface area contributed by atoms with E-state index in [2.05, 4.69) is 10.3 Å². The predicted octanol–water partition coefficient (Wildman–Crippen LogP) is 1.32. The van der Waals surface area contributed by atoms with Gasteiger partial charge in [0.1, 0.15) is 11.0 Å². The molecule has 8 heteroatoms. The summed E-state index contributed by atoms with van der Waals surface area (Å²) in [7, 11) is 0. The van der Waals surface area contributed by atoms with Gasteiger partial charge < -0.3 is 11.1 Å². The number of anilines is 1. The molecule has 1 aromatic rings. The molecule has 1 amide bonds. The first-order chi connectivity index (χ1) is 7.88. The third kappa shape index (κ3) is 4.23. The molecule has 92 valence electrons. The van der Waals surface area contributed by atoms with Crippen molar-refractivity contribution >= 4 is 29.0 Å². The zero-order valence-corrected chi connectivity index (χ0v) is 9.77. The van der Waals surface area contributed by atoms with Crippen LogP contribution in [0.3, 0.4) is 0 Å². The van der Waals surface area contributed by atoms with Gasteiger partial charge in [0.15, 0.2) is 0 Å². The third-order valence-corrected chi connectivity index (χ3v) is 2.08. The predicted molar refractivity (Wildman–Crippen MR) is 62.8 cm³/mol. The Morgan fingerprint density at radius 1 is 1.71 bits per heavy atom. The van der Waals surface area contributed by atoms with Crippen LogP contribution in [0.25, 0.3) is 0 Å². The van der Waals surface area contributed by atoms with Crippen molar-refractivity contribution in [1.29, 1.82) is 0 Å². The highest BCUT2D eigenvalue weighted by molar-refractivity contribution is 6.29. The number of nitrogens with one attached hydrogen (secondary N) is 1. The average Bonchev–Trinajstić information content (AvgIpc) is 2.14. The van der Waals surface area contributed by atoms with Crippen molar-refractivity contribution in [3.63, 3.8) is 0 Å². The fraction of sp³-hybridized carbons (Fsp3) is 0.333. The molecule has 0 aliphatic heterocycles. The van der Waals surface area contributed by atoms with Crippen molar-refractivity contribution in [2.45, 2.75) is 19.4 Å². The molecule has 0 aliphatic carbocycles. The van der Waals surface area contributed by atoms with Gasteiger partial charge in [0.25, 0.3) is 5.69 Å². The Bertz CT molecular complexity index is 452. The fourth-order valence-corrected chi connectivity index (χ4v) is 1.47. The summed E-state index contributed by atoms with van der Waals surface area (Å²) in [6.45, 7) is 1.71. The smallest absolute Gasteiger partial charge is 0.276 e. The van der Waals surface area contributed by atoms with Gasteiger partial charge in [0.2, 0.25) is 5.91 Å². The highest BCUT2D eigenvalue weighted by Gasteiger charge is 2.12. The maximum Gasteiger partial charge on any atom is 0.276 e. The molecule has 0 saturated heterocycles. The number of aromatic nitrogens is 1. The molecule has 1 rings (SSSR count). The Balaban J connectivity index is 2.84. The Morgan fingerprint density at radius 3 is 2.88 bits per heavy atom. The van der Waals surface area contributed by atoms with E-state index in [9.17, 15) is 14.9 Å². The lowest BCUT2D eigenvalue weighted by atomic mass is 10.2. The number of nitrogens with two attached hydrogens (primary N) is 1. The topological polar surface area (TPSA) is 111 Å². The standard InChI is InChI=1S/C9H11ClN4O3/c1-5(2-8(11)15)12-9-4-6(14(16)17)3-7(10)13-9/h3-5H,2H2,1H3,(H2,11,15)(H,12,13). The minimum Gasteiger partial charge on any atom is -0.370 e. The van der Waals surface area contributed by atoms with Crippen LogP contribution in [0, 0.1) is 10.1 Å². The molecule has 3 N–H and O–H groups in total. The Labute approximate surface area is 102 Å². The van der Waals surface area contributed by atoms with Gasteiger partial charge in [-0.15, -0.1) is 0 Å². The zero-order chi connectivity index (χ0) is 13.0. The maximum atomic E-state index is 10.7. The molecular weight excluding hydrogens is 248 g/mol. The van der Waals surface area contributed by atoms with E-state index in [-0.39, 0.29) is 29.1 Å². The lowest BCUT2D eigenvalue weighted by Crippen LogP contribution is -2.24. The second-order valence-electron chi connectivity index (χ2n) is 3.51. The first-order valence-corrected chi connectivity index (χ1v) is 5.13. The van der Waals surface area contributed by atoms with Gasteiger partial charge in [-0.05, 0) is 6.92 Å².